The van der Waals surface area contributed by atoms with Crippen molar-refractivity contribution < 1.29 is 4.74 Å². The number of hydrogen-bond acceptors (Lipinski definition) is 3. The first-order valence-electron chi connectivity index (χ1n) is 5.88. The van der Waals surface area contributed by atoms with E-state index in [1.54, 1.807) is 0 Å². The second-order valence-corrected chi connectivity index (χ2v) is 4.39. The minimum absolute atomic E-state index is 0.0632. The minimum Gasteiger partial charge on any atom is -0.457 e. The summed E-state index contributed by atoms with van der Waals surface area (Å²) >= 11 is 0. The van der Waals surface area contributed by atoms with Crippen molar-refractivity contribution in [1.29, 1.82) is 0 Å². The highest BCUT2D eigenvalue weighted by atomic mass is 16.5. The first kappa shape index (κ1) is 11.9. The minimum atomic E-state index is 0.0632. The summed E-state index contributed by atoms with van der Waals surface area (Å²) in [5.74, 6) is 0.712. The van der Waals surface area contributed by atoms with Crippen molar-refractivity contribution in [3.63, 3.8) is 0 Å². The Morgan fingerprint density at radius 2 is 2.06 bits per heavy atom. The number of benzene rings is 1. The largest absolute Gasteiger partial charge is 0.457 e. The highest BCUT2D eigenvalue weighted by Gasteiger charge is 2.15. The maximum absolute atomic E-state index is 5.95. The maximum atomic E-state index is 5.95. The molecule has 0 spiro atoms. The molecule has 1 heterocycles. The molecule has 4 heteroatoms. The summed E-state index contributed by atoms with van der Waals surface area (Å²) in [7, 11) is 5.96. The molecule has 4 nitrogen and oxygen atoms in total. The normalized spacial score (nSPS) is 13.2. The zero-order valence-electron chi connectivity index (χ0n) is 10.8. The van der Waals surface area contributed by atoms with Crippen LogP contribution in [0.1, 0.15) is 13.3 Å². The number of fused-ring (bicyclic) bond motifs is 1. The third-order valence-electron chi connectivity index (χ3n) is 2.90. The standard InChI is InChI=1S/C13H19N3O/c1-5-12(15(2)3)17-13-10-8-6-7-9-11(10)16(4)14-13/h6-9,12H,5H2,1-4H3. The summed E-state index contributed by atoms with van der Waals surface area (Å²) in [5, 5.41) is 5.49. The van der Waals surface area contributed by atoms with Gasteiger partial charge in [0.15, 0.2) is 6.23 Å². The highest BCUT2D eigenvalue weighted by molar-refractivity contribution is 5.84. The molecule has 0 aliphatic rings. The molecule has 0 N–H and O–H groups in total. The third-order valence-corrected chi connectivity index (χ3v) is 2.90. The van der Waals surface area contributed by atoms with Crippen LogP contribution in [0.25, 0.3) is 10.9 Å². The van der Waals surface area contributed by atoms with Crippen molar-refractivity contribution in [2.24, 2.45) is 7.05 Å². The Hall–Kier alpha value is -1.55. The van der Waals surface area contributed by atoms with E-state index in [9.17, 15) is 0 Å². The molecule has 2 rings (SSSR count). The molecule has 1 atom stereocenters. The molecule has 1 aromatic carbocycles. The van der Waals surface area contributed by atoms with Crippen LogP contribution in [-0.4, -0.2) is 35.0 Å². The first-order chi connectivity index (χ1) is 8.13. The van der Waals surface area contributed by atoms with Crippen LogP contribution in [0.2, 0.25) is 0 Å². The zero-order chi connectivity index (χ0) is 12.4. The molecular formula is C13H19N3O. The summed E-state index contributed by atoms with van der Waals surface area (Å²) in [6, 6.07) is 8.11. The molecule has 0 bridgehead atoms. The number of rotatable bonds is 4. The van der Waals surface area contributed by atoms with Gasteiger partial charge < -0.3 is 4.74 Å². The summed E-state index contributed by atoms with van der Waals surface area (Å²) in [6.45, 7) is 2.11. The smallest absolute Gasteiger partial charge is 0.242 e. The van der Waals surface area contributed by atoms with Crippen molar-refractivity contribution in [3.8, 4) is 5.88 Å². The van der Waals surface area contributed by atoms with Gasteiger partial charge in [0.2, 0.25) is 5.88 Å². The lowest BCUT2D eigenvalue weighted by molar-refractivity contribution is 0.0577. The molecule has 0 saturated heterocycles. The molecular weight excluding hydrogens is 214 g/mol. The van der Waals surface area contributed by atoms with Gasteiger partial charge in [0.25, 0.3) is 0 Å². The second kappa shape index (κ2) is 4.75. The lowest BCUT2D eigenvalue weighted by Gasteiger charge is -2.22. The van der Waals surface area contributed by atoms with Gasteiger partial charge in [0.1, 0.15) is 0 Å². The number of nitrogens with zero attached hydrogens (tertiary/aromatic N) is 3. The molecule has 0 radical (unpaired) electrons. The van der Waals surface area contributed by atoms with E-state index in [0.29, 0.717) is 5.88 Å². The van der Waals surface area contributed by atoms with E-state index >= 15 is 0 Å². The van der Waals surface area contributed by atoms with Crippen molar-refractivity contribution in [2.75, 3.05) is 14.1 Å². The molecule has 2 aromatic rings. The van der Waals surface area contributed by atoms with Gasteiger partial charge in [-0.15, -0.1) is 5.10 Å². The summed E-state index contributed by atoms with van der Waals surface area (Å²) in [4.78, 5) is 2.06. The summed E-state index contributed by atoms with van der Waals surface area (Å²) < 4.78 is 7.81. The van der Waals surface area contributed by atoms with Crippen LogP contribution < -0.4 is 4.74 Å². The van der Waals surface area contributed by atoms with Crippen LogP contribution in [0.15, 0.2) is 24.3 Å². The van der Waals surface area contributed by atoms with Crippen LogP contribution in [0, 0.1) is 0 Å². The molecule has 17 heavy (non-hydrogen) atoms. The van der Waals surface area contributed by atoms with Crippen LogP contribution in [0.3, 0.4) is 0 Å². The molecule has 0 aliphatic heterocycles. The fraction of sp³-hybridized carbons (Fsp3) is 0.462. The molecule has 0 saturated carbocycles. The number of aryl methyl sites for hydroxylation is 1. The van der Waals surface area contributed by atoms with Crippen molar-refractivity contribution in [2.45, 2.75) is 19.6 Å². The van der Waals surface area contributed by atoms with Gasteiger partial charge in [-0.1, -0.05) is 19.1 Å². The first-order valence-corrected chi connectivity index (χ1v) is 5.88. The van der Waals surface area contributed by atoms with Crippen LogP contribution in [-0.2, 0) is 7.05 Å². The molecule has 0 amide bonds. The van der Waals surface area contributed by atoms with Crippen molar-refractivity contribution in [1.82, 2.24) is 14.7 Å². The van der Waals surface area contributed by atoms with Gasteiger partial charge in [-0.05, 0) is 32.6 Å². The fourth-order valence-corrected chi connectivity index (χ4v) is 1.95. The predicted molar refractivity (Wildman–Crippen MR) is 69.1 cm³/mol. The Morgan fingerprint density at radius 1 is 1.35 bits per heavy atom. The Bertz CT molecular complexity index is 504. The average Bonchev–Trinajstić information content (AvgIpc) is 2.63. The molecule has 0 fully saturated rings. The number of ether oxygens (including phenoxy) is 1. The maximum Gasteiger partial charge on any atom is 0.242 e. The monoisotopic (exact) mass is 233 g/mol. The Labute approximate surface area is 102 Å². The highest BCUT2D eigenvalue weighted by Crippen LogP contribution is 2.25. The van der Waals surface area contributed by atoms with Gasteiger partial charge in [0, 0.05) is 7.05 Å². The topological polar surface area (TPSA) is 30.3 Å². The lowest BCUT2D eigenvalue weighted by Crippen LogP contribution is -2.32. The van der Waals surface area contributed by atoms with E-state index in [4.69, 9.17) is 4.74 Å². The van der Waals surface area contributed by atoms with E-state index in [-0.39, 0.29) is 6.23 Å². The molecule has 92 valence electrons. The Morgan fingerprint density at radius 3 is 2.71 bits per heavy atom. The second-order valence-electron chi connectivity index (χ2n) is 4.39. The van der Waals surface area contributed by atoms with Crippen LogP contribution in [0.4, 0.5) is 0 Å². The predicted octanol–water partition coefficient (Wildman–Crippen LogP) is 2.25. The van der Waals surface area contributed by atoms with Gasteiger partial charge >= 0.3 is 0 Å². The van der Waals surface area contributed by atoms with Gasteiger partial charge in [-0.25, -0.2) is 0 Å². The van der Waals surface area contributed by atoms with E-state index in [1.807, 2.05) is 50.1 Å². The number of para-hydroxylation sites is 1. The van der Waals surface area contributed by atoms with Gasteiger partial charge in [0.05, 0.1) is 10.9 Å². The Kier molecular flexibility index (Phi) is 3.33. The summed E-state index contributed by atoms with van der Waals surface area (Å²) in [6.07, 6.45) is 0.992. The van der Waals surface area contributed by atoms with E-state index in [1.165, 1.54) is 0 Å². The molecule has 1 aromatic heterocycles. The third kappa shape index (κ3) is 2.26. The van der Waals surface area contributed by atoms with E-state index in [0.717, 1.165) is 17.3 Å². The van der Waals surface area contributed by atoms with E-state index in [2.05, 4.69) is 16.9 Å². The van der Waals surface area contributed by atoms with Crippen LogP contribution in [0.5, 0.6) is 5.88 Å². The number of aromatic nitrogens is 2. The Balaban J connectivity index is 2.36. The lowest BCUT2D eigenvalue weighted by atomic mass is 10.2. The van der Waals surface area contributed by atoms with Crippen molar-refractivity contribution >= 4 is 10.9 Å². The number of hydrogen-bond donors (Lipinski definition) is 0. The fourth-order valence-electron chi connectivity index (χ4n) is 1.95. The molecule has 1 unspecified atom stereocenters. The SMILES string of the molecule is CCC(Oc1nn(C)c2ccccc12)N(C)C. The average molecular weight is 233 g/mol. The van der Waals surface area contributed by atoms with Crippen LogP contribution >= 0.6 is 0 Å². The van der Waals surface area contributed by atoms with E-state index < -0.39 is 0 Å². The van der Waals surface area contributed by atoms with Crippen molar-refractivity contribution in [3.05, 3.63) is 24.3 Å². The summed E-state index contributed by atoms with van der Waals surface area (Å²) in [5.41, 5.74) is 1.09. The quantitative estimate of drug-likeness (QED) is 0.759. The zero-order valence-corrected chi connectivity index (χ0v) is 10.8. The van der Waals surface area contributed by atoms with Gasteiger partial charge in [-0.2, -0.15) is 0 Å². The van der Waals surface area contributed by atoms with Gasteiger partial charge in [-0.3, -0.25) is 9.58 Å². The molecule has 0 aliphatic carbocycles.